The molecular weight excluding hydrogens is 364 g/mol. The Labute approximate surface area is 170 Å². The van der Waals surface area contributed by atoms with E-state index >= 15 is 0 Å². The Morgan fingerprint density at radius 3 is 2.48 bits per heavy atom. The molecule has 148 valence electrons. The minimum Gasteiger partial charge on any atom is -0.489 e. The molecule has 1 aliphatic rings. The number of likely N-dealkylation sites (tertiary alicyclic amines) is 1. The van der Waals surface area contributed by atoms with Crippen LogP contribution in [0.3, 0.4) is 0 Å². The Morgan fingerprint density at radius 1 is 0.966 bits per heavy atom. The minimum absolute atomic E-state index is 0.0280. The molecule has 0 radical (unpaired) electrons. The lowest BCUT2D eigenvalue weighted by Gasteiger charge is -2.26. The highest BCUT2D eigenvalue weighted by molar-refractivity contribution is 5.93. The van der Waals surface area contributed by atoms with Gasteiger partial charge in [0.1, 0.15) is 30.2 Å². The predicted molar refractivity (Wildman–Crippen MR) is 112 cm³/mol. The number of hydrogen-bond acceptors (Lipinski definition) is 5. The number of rotatable bonds is 6. The lowest BCUT2D eigenvalue weighted by molar-refractivity contribution is 0.0718. The molecule has 2 heterocycles. The van der Waals surface area contributed by atoms with Crippen molar-refractivity contribution in [2.45, 2.75) is 25.9 Å². The third kappa shape index (κ3) is 5.10. The summed E-state index contributed by atoms with van der Waals surface area (Å²) in [5.41, 5.74) is 2.42. The first kappa shape index (κ1) is 18.9. The Kier molecular flexibility index (Phi) is 6.00. The lowest BCUT2D eigenvalue weighted by atomic mass is 10.1. The zero-order valence-electron chi connectivity index (χ0n) is 16.3. The van der Waals surface area contributed by atoms with Crippen LogP contribution in [-0.2, 0) is 6.61 Å². The van der Waals surface area contributed by atoms with E-state index in [2.05, 4.69) is 15.3 Å². The van der Waals surface area contributed by atoms with Gasteiger partial charge < -0.3 is 15.0 Å². The zero-order valence-corrected chi connectivity index (χ0v) is 16.3. The van der Waals surface area contributed by atoms with Crippen LogP contribution < -0.4 is 10.1 Å². The van der Waals surface area contributed by atoms with E-state index in [9.17, 15) is 4.79 Å². The van der Waals surface area contributed by atoms with Gasteiger partial charge in [0.25, 0.3) is 5.91 Å². The number of piperidine rings is 1. The topological polar surface area (TPSA) is 67.3 Å². The molecule has 1 saturated heterocycles. The van der Waals surface area contributed by atoms with Gasteiger partial charge in [0.15, 0.2) is 0 Å². The Balaban J connectivity index is 1.37. The normalized spacial score (nSPS) is 13.7. The summed E-state index contributed by atoms with van der Waals surface area (Å²) in [5.74, 6) is 1.36. The second-order valence-corrected chi connectivity index (χ2v) is 7.06. The molecule has 1 fully saturated rings. The molecular formula is C23H24N4O2. The van der Waals surface area contributed by atoms with Gasteiger partial charge in [-0.3, -0.25) is 4.79 Å². The molecule has 0 aliphatic carbocycles. The Hall–Kier alpha value is -3.41. The summed E-state index contributed by atoms with van der Waals surface area (Å²) < 4.78 is 5.81. The van der Waals surface area contributed by atoms with Crippen molar-refractivity contribution < 1.29 is 9.53 Å². The third-order valence-electron chi connectivity index (χ3n) is 4.90. The van der Waals surface area contributed by atoms with E-state index in [4.69, 9.17) is 4.74 Å². The van der Waals surface area contributed by atoms with Crippen molar-refractivity contribution in [1.29, 1.82) is 0 Å². The highest BCUT2D eigenvalue weighted by Gasteiger charge is 2.19. The molecule has 3 aromatic rings. The fourth-order valence-corrected chi connectivity index (χ4v) is 3.32. The van der Waals surface area contributed by atoms with Gasteiger partial charge >= 0.3 is 0 Å². The van der Waals surface area contributed by atoms with Gasteiger partial charge in [0, 0.05) is 24.8 Å². The summed E-state index contributed by atoms with van der Waals surface area (Å²) in [6, 6.07) is 19.4. The summed E-state index contributed by atoms with van der Waals surface area (Å²) >= 11 is 0. The molecule has 0 spiro atoms. The van der Waals surface area contributed by atoms with Crippen molar-refractivity contribution in [2.24, 2.45) is 0 Å². The summed E-state index contributed by atoms with van der Waals surface area (Å²) in [6.45, 7) is 2.13. The van der Waals surface area contributed by atoms with E-state index in [0.717, 1.165) is 42.9 Å². The van der Waals surface area contributed by atoms with Crippen LogP contribution in [0.4, 0.5) is 11.5 Å². The lowest BCUT2D eigenvalue weighted by Crippen LogP contribution is -2.36. The largest absolute Gasteiger partial charge is 0.489 e. The van der Waals surface area contributed by atoms with Gasteiger partial charge in [-0.2, -0.15) is 0 Å². The van der Waals surface area contributed by atoms with Crippen LogP contribution in [-0.4, -0.2) is 33.9 Å². The molecule has 0 atom stereocenters. The molecule has 1 N–H and O–H groups in total. The van der Waals surface area contributed by atoms with E-state index in [1.807, 2.05) is 59.5 Å². The van der Waals surface area contributed by atoms with Crippen molar-refractivity contribution in [2.75, 3.05) is 18.4 Å². The van der Waals surface area contributed by atoms with Gasteiger partial charge in [0.2, 0.25) is 0 Å². The second kappa shape index (κ2) is 9.19. The smallest absolute Gasteiger partial charge is 0.272 e. The van der Waals surface area contributed by atoms with Crippen LogP contribution in [0.5, 0.6) is 5.75 Å². The van der Waals surface area contributed by atoms with Crippen LogP contribution in [0.15, 0.2) is 67.0 Å². The number of aromatic nitrogens is 2. The average molecular weight is 388 g/mol. The number of carbonyl (C=O) groups excluding carboxylic acids is 1. The molecule has 1 amide bonds. The highest BCUT2D eigenvalue weighted by atomic mass is 16.5. The maximum absolute atomic E-state index is 12.6. The number of nitrogens with zero attached hydrogens (tertiary/aromatic N) is 3. The van der Waals surface area contributed by atoms with Crippen molar-refractivity contribution in [1.82, 2.24) is 14.9 Å². The van der Waals surface area contributed by atoms with E-state index in [-0.39, 0.29) is 5.91 Å². The summed E-state index contributed by atoms with van der Waals surface area (Å²) in [7, 11) is 0. The van der Waals surface area contributed by atoms with Crippen molar-refractivity contribution in [3.8, 4) is 5.75 Å². The first-order valence-electron chi connectivity index (χ1n) is 9.93. The molecule has 6 heteroatoms. The molecule has 1 aliphatic heterocycles. The molecule has 1 aromatic heterocycles. The minimum atomic E-state index is -0.0280. The molecule has 0 unspecified atom stereocenters. The van der Waals surface area contributed by atoms with E-state index in [1.165, 1.54) is 12.7 Å². The van der Waals surface area contributed by atoms with Gasteiger partial charge in [0.05, 0.1) is 0 Å². The predicted octanol–water partition coefficient (Wildman–Crippen LogP) is 4.43. The number of ether oxygens (including phenoxy) is 1. The monoisotopic (exact) mass is 388 g/mol. The van der Waals surface area contributed by atoms with Gasteiger partial charge in [-0.15, -0.1) is 0 Å². The van der Waals surface area contributed by atoms with Crippen LogP contribution in [0.2, 0.25) is 0 Å². The Bertz CT molecular complexity index is 939. The van der Waals surface area contributed by atoms with E-state index < -0.39 is 0 Å². The number of hydrogen-bond donors (Lipinski definition) is 1. The molecule has 4 rings (SSSR count). The maximum Gasteiger partial charge on any atom is 0.272 e. The number of amides is 1. The number of carbonyl (C=O) groups is 1. The second-order valence-electron chi connectivity index (χ2n) is 7.06. The van der Waals surface area contributed by atoms with Crippen LogP contribution >= 0.6 is 0 Å². The zero-order chi connectivity index (χ0) is 19.9. The van der Waals surface area contributed by atoms with Crippen LogP contribution in [0.1, 0.15) is 35.3 Å². The van der Waals surface area contributed by atoms with Crippen molar-refractivity contribution in [3.63, 3.8) is 0 Å². The SMILES string of the molecule is O=C(c1cc(Nc2ccc(OCc3ccccc3)cc2)ncn1)N1CCCCC1. The average Bonchev–Trinajstić information content (AvgIpc) is 2.79. The van der Waals surface area contributed by atoms with E-state index in [1.54, 1.807) is 6.07 Å². The van der Waals surface area contributed by atoms with E-state index in [0.29, 0.717) is 18.1 Å². The standard InChI is InChI=1S/C23H24N4O2/c28-23(27-13-5-2-6-14-27)21-15-22(25-17-24-21)26-19-9-11-20(12-10-19)29-16-18-7-3-1-4-8-18/h1,3-4,7-12,15,17H,2,5-6,13-14,16H2,(H,24,25,26). The molecule has 2 aromatic carbocycles. The number of anilines is 2. The summed E-state index contributed by atoms with van der Waals surface area (Å²) in [4.78, 5) is 22.9. The molecule has 29 heavy (non-hydrogen) atoms. The fraction of sp³-hybridized carbons (Fsp3) is 0.261. The Morgan fingerprint density at radius 2 is 1.72 bits per heavy atom. The van der Waals surface area contributed by atoms with Crippen molar-refractivity contribution in [3.05, 3.63) is 78.2 Å². The van der Waals surface area contributed by atoms with Gasteiger partial charge in [-0.1, -0.05) is 30.3 Å². The van der Waals surface area contributed by atoms with Crippen LogP contribution in [0.25, 0.3) is 0 Å². The molecule has 0 saturated carbocycles. The van der Waals surface area contributed by atoms with Gasteiger partial charge in [-0.05, 0) is 49.1 Å². The fourth-order valence-electron chi connectivity index (χ4n) is 3.32. The molecule has 0 bridgehead atoms. The van der Waals surface area contributed by atoms with Crippen LogP contribution in [0, 0.1) is 0 Å². The maximum atomic E-state index is 12.6. The van der Waals surface area contributed by atoms with Gasteiger partial charge in [-0.25, -0.2) is 9.97 Å². The third-order valence-corrected chi connectivity index (χ3v) is 4.90. The number of benzene rings is 2. The molecule has 6 nitrogen and oxygen atoms in total. The first-order valence-corrected chi connectivity index (χ1v) is 9.93. The van der Waals surface area contributed by atoms with Crippen molar-refractivity contribution >= 4 is 17.4 Å². The first-order chi connectivity index (χ1) is 14.3. The summed E-state index contributed by atoms with van der Waals surface area (Å²) in [6.07, 6.45) is 4.73. The number of nitrogens with one attached hydrogen (secondary N) is 1. The summed E-state index contributed by atoms with van der Waals surface area (Å²) in [5, 5.41) is 3.23. The highest BCUT2D eigenvalue weighted by Crippen LogP contribution is 2.20. The quantitative estimate of drug-likeness (QED) is 0.677.